The third kappa shape index (κ3) is 1.71. The van der Waals surface area contributed by atoms with Crippen LogP contribution in [0.25, 0.3) is 10.6 Å². The number of fused-ring (bicyclic) bond motifs is 3. The first-order chi connectivity index (χ1) is 8.90. The van der Waals surface area contributed by atoms with Gasteiger partial charge in [0.05, 0.1) is 22.9 Å². The second kappa shape index (κ2) is 4.21. The van der Waals surface area contributed by atoms with Gasteiger partial charge in [-0.2, -0.15) is 0 Å². The molecule has 0 aliphatic carbocycles. The highest BCUT2D eigenvalue weighted by molar-refractivity contribution is 7.13. The summed E-state index contributed by atoms with van der Waals surface area (Å²) in [5.74, 6) is 0.861. The fourth-order valence-electron chi connectivity index (χ4n) is 3.34. The summed E-state index contributed by atoms with van der Waals surface area (Å²) in [5, 5.41) is 2.11. The molecule has 3 saturated heterocycles. The van der Waals surface area contributed by atoms with Crippen LogP contribution in [0.3, 0.4) is 0 Å². The van der Waals surface area contributed by atoms with Crippen LogP contribution in [0.5, 0.6) is 0 Å². The molecule has 1 unspecified atom stereocenters. The lowest BCUT2D eigenvalue weighted by Gasteiger charge is -2.45. The Hall–Kier alpha value is -1.13. The van der Waals surface area contributed by atoms with E-state index in [1.54, 1.807) is 11.3 Å². The van der Waals surface area contributed by atoms with E-state index in [4.69, 9.17) is 0 Å². The number of hydrogen-bond donors (Lipinski definition) is 0. The Morgan fingerprint density at radius 1 is 1.28 bits per heavy atom. The van der Waals surface area contributed by atoms with Crippen LogP contribution in [0, 0.1) is 5.92 Å². The Kier molecular flexibility index (Phi) is 2.52. The molecule has 2 bridgehead atoms. The number of piperidine rings is 3. The maximum Gasteiger partial charge on any atom is 0.0981 e. The van der Waals surface area contributed by atoms with Crippen molar-refractivity contribution in [2.45, 2.75) is 18.9 Å². The van der Waals surface area contributed by atoms with Crippen LogP contribution < -0.4 is 0 Å². The Labute approximate surface area is 111 Å². The average Bonchev–Trinajstić information content (AvgIpc) is 3.11. The van der Waals surface area contributed by atoms with E-state index in [1.165, 1.54) is 37.4 Å². The van der Waals surface area contributed by atoms with Gasteiger partial charge in [0.15, 0.2) is 0 Å². The van der Waals surface area contributed by atoms with Gasteiger partial charge in [0.1, 0.15) is 0 Å². The van der Waals surface area contributed by atoms with Crippen LogP contribution in [-0.2, 0) is 0 Å². The van der Waals surface area contributed by atoms with Crippen molar-refractivity contribution >= 4 is 11.3 Å². The second-order valence-electron chi connectivity index (χ2n) is 5.39. The molecule has 0 aromatic carbocycles. The minimum Gasteiger partial charge on any atom is -0.332 e. The Balaban J connectivity index is 1.62. The SMILES string of the molecule is c1csc(-c2cn(C3CN4CCC3CC4)cn2)c1. The lowest BCUT2D eigenvalue weighted by molar-refractivity contribution is 0.0570. The molecule has 3 aliphatic rings. The summed E-state index contributed by atoms with van der Waals surface area (Å²) in [5.41, 5.74) is 1.13. The maximum absolute atomic E-state index is 4.57. The lowest BCUT2D eigenvalue weighted by Crippen LogP contribution is -2.47. The zero-order valence-electron chi connectivity index (χ0n) is 10.3. The molecule has 0 amide bonds. The Morgan fingerprint density at radius 3 is 2.83 bits per heavy atom. The van der Waals surface area contributed by atoms with E-state index in [0.29, 0.717) is 6.04 Å². The molecule has 3 fully saturated rings. The van der Waals surface area contributed by atoms with Crippen molar-refractivity contribution in [3.8, 4) is 10.6 Å². The van der Waals surface area contributed by atoms with Crippen molar-refractivity contribution < 1.29 is 0 Å². The van der Waals surface area contributed by atoms with Gasteiger partial charge >= 0.3 is 0 Å². The van der Waals surface area contributed by atoms with Gasteiger partial charge < -0.3 is 9.47 Å². The second-order valence-corrected chi connectivity index (χ2v) is 6.34. The largest absolute Gasteiger partial charge is 0.332 e. The van der Waals surface area contributed by atoms with Crippen LogP contribution in [0.1, 0.15) is 18.9 Å². The van der Waals surface area contributed by atoms with Crippen LogP contribution in [-0.4, -0.2) is 34.1 Å². The Bertz CT molecular complexity index is 523. The first kappa shape index (κ1) is 10.8. The highest BCUT2D eigenvalue weighted by Gasteiger charge is 2.35. The average molecular weight is 259 g/mol. The molecule has 0 radical (unpaired) electrons. The van der Waals surface area contributed by atoms with E-state index in [9.17, 15) is 0 Å². The van der Waals surface area contributed by atoms with Crippen LogP contribution in [0.2, 0.25) is 0 Å². The van der Waals surface area contributed by atoms with Gasteiger partial charge in [-0.15, -0.1) is 11.3 Å². The predicted molar refractivity (Wildman–Crippen MR) is 73.7 cm³/mol. The van der Waals surface area contributed by atoms with E-state index in [1.807, 2.05) is 6.33 Å². The third-order valence-corrected chi connectivity index (χ3v) is 5.27. The van der Waals surface area contributed by atoms with Gasteiger partial charge in [-0.25, -0.2) is 4.98 Å². The molecule has 0 N–H and O–H groups in total. The molecule has 0 saturated carbocycles. The van der Waals surface area contributed by atoms with Crippen molar-refractivity contribution in [2.75, 3.05) is 19.6 Å². The quantitative estimate of drug-likeness (QED) is 0.827. The summed E-state index contributed by atoms with van der Waals surface area (Å²) in [6.07, 6.45) is 6.98. The van der Waals surface area contributed by atoms with Crippen molar-refractivity contribution in [1.82, 2.24) is 14.5 Å². The summed E-state index contributed by atoms with van der Waals surface area (Å²) in [6, 6.07) is 4.88. The molecular weight excluding hydrogens is 242 g/mol. The minimum atomic E-state index is 0.647. The van der Waals surface area contributed by atoms with Crippen molar-refractivity contribution in [2.24, 2.45) is 5.92 Å². The number of imidazole rings is 1. The van der Waals surface area contributed by atoms with Crippen molar-refractivity contribution in [3.05, 3.63) is 30.0 Å². The van der Waals surface area contributed by atoms with Crippen LogP contribution in [0.4, 0.5) is 0 Å². The molecule has 4 heteroatoms. The van der Waals surface area contributed by atoms with E-state index in [-0.39, 0.29) is 0 Å². The van der Waals surface area contributed by atoms with Crippen LogP contribution in [0.15, 0.2) is 30.0 Å². The lowest BCUT2D eigenvalue weighted by atomic mass is 9.84. The molecule has 2 aromatic heterocycles. The molecule has 1 atom stereocenters. The van der Waals surface area contributed by atoms with E-state index in [2.05, 4.69) is 38.2 Å². The summed E-state index contributed by atoms with van der Waals surface area (Å²) in [6.45, 7) is 3.81. The molecule has 2 aromatic rings. The third-order valence-electron chi connectivity index (χ3n) is 4.38. The van der Waals surface area contributed by atoms with Gasteiger partial charge in [-0.1, -0.05) is 6.07 Å². The highest BCUT2D eigenvalue weighted by atomic mass is 32.1. The minimum absolute atomic E-state index is 0.647. The smallest absolute Gasteiger partial charge is 0.0981 e. The summed E-state index contributed by atoms with van der Waals surface area (Å²) < 4.78 is 2.35. The number of hydrogen-bond acceptors (Lipinski definition) is 3. The molecule has 5 heterocycles. The molecule has 3 nitrogen and oxygen atoms in total. The standard InChI is InChI=1S/C14H17N3S/c1-2-14(18-7-1)12-8-17(10-15-12)13-9-16-5-3-11(13)4-6-16/h1-2,7-8,10-11,13H,3-6,9H2. The fraction of sp³-hybridized carbons (Fsp3) is 0.500. The van der Waals surface area contributed by atoms with Gasteiger partial charge in [0, 0.05) is 12.7 Å². The topological polar surface area (TPSA) is 21.1 Å². The molecule has 94 valence electrons. The number of nitrogens with zero attached hydrogens (tertiary/aromatic N) is 3. The number of aromatic nitrogens is 2. The van der Waals surface area contributed by atoms with Crippen molar-refractivity contribution in [1.29, 1.82) is 0 Å². The van der Waals surface area contributed by atoms with E-state index >= 15 is 0 Å². The van der Waals surface area contributed by atoms with Gasteiger partial charge in [0.2, 0.25) is 0 Å². The molecule has 18 heavy (non-hydrogen) atoms. The monoisotopic (exact) mass is 259 g/mol. The molecule has 3 aliphatic heterocycles. The molecule has 0 spiro atoms. The zero-order valence-corrected chi connectivity index (χ0v) is 11.1. The Morgan fingerprint density at radius 2 is 2.17 bits per heavy atom. The summed E-state index contributed by atoms with van der Waals surface area (Å²) in [7, 11) is 0. The molecular formula is C14H17N3S. The zero-order chi connectivity index (χ0) is 11.9. The number of thiophene rings is 1. The first-order valence-corrected chi connectivity index (χ1v) is 7.58. The van der Waals surface area contributed by atoms with Gasteiger partial charge in [-0.3, -0.25) is 0 Å². The van der Waals surface area contributed by atoms with E-state index < -0.39 is 0 Å². The van der Waals surface area contributed by atoms with Gasteiger partial charge in [-0.05, 0) is 43.3 Å². The van der Waals surface area contributed by atoms with Crippen molar-refractivity contribution in [3.63, 3.8) is 0 Å². The van der Waals surface area contributed by atoms with Crippen LogP contribution >= 0.6 is 11.3 Å². The predicted octanol–water partition coefficient (Wildman–Crippen LogP) is 2.88. The fourth-order valence-corrected chi connectivity index (χ4v) is 4.03. The molecule has 5 rings (SSSR count). The highest BCUT2D eigenvalue weighted by Crippen LogP contribution is 2.36. The van der Waals surface area contributed by atoms with E-state index in [0.717, 1.165) is 11.6 Å². The van der Waals surface area contributed by atoms with Gasteiger partial charge in [0.25, 0.3) is 0 Å². The summed E-state index contributed by atoms with van der Waals surface area (Å²) >= 11 is 1.77. The normalized spacial score (nSPS) is 30.8. The first-order valence-electron chi connectivity index (χ1n) is 6.70. The number of rotatable bonds is 2. The maximum atomic E-state index is 4.57. The summed E-state index contributed by atoms with van der Waals surface area (Å²) in [4.78, 5) is 8.44.